The maximum atomic E-state index is 12.2. The van der Waals surface area contributed by atoms with Crippen molar-refractivity contribution in [3.8, 4) is 0 Å². The first-order valence-corrected chi connectivity index (χ1v) is 5.94. The summed E-state index contributed by atoms with van der Waals surface area (Å²) >= 11 is 0. The zero-order chi connectivity index (χ0) is 13.1. The molecule has 1 fully saturated rings. The summed E-state index contributed by atoms with van der Waals surface area (Å²) in [5, 5.41) is 0. The van der Waals surface area contributed by atoms with Crippen LogP contribution in [0.1, 0.15) is 15.9 Å². The number of carbonyl (C=O) groups excluding carboxylic acids is 2. The summed E-state index contributed by atoms with van der Waals surface area (Å²) in [6, 6.07) is 7.23. The van der Waals surface area contributed by atoms with Gasteiger partial charge in [-0.15, -0.1) is 0 Å². The van der Waals surface area contributed by atoms with E-state index >= 15 is 0 Å². The van der Waals surface area contributed by atoms with Crippen LogP contribution in [0.15, 0.2) is 24.3 Å². The Morgan fingerprint density at radius 1 is 1.39 bits per heavy atom. The van der Waals surface area contributed by atoms with Crippen LogP contribution in [0.3, 0.4) is 0 Å². The lowest BCUT2D eigenvalue weighted by Crippen LogP contribution is -2.50. The Morgan fingerprint density at radius 2 is 2.17 bits per heavy atom. The van der Waals surface area contributed by atoms with Crippen LogP contribution in [0, 0.1) is 0 Å². The third-order valence-corrected chi connectivity index (χ3v) is 3.15. The van der Waals surface area contributed by atoms with Gasteiger partial charge >= 0.3 is 0 Å². The van der Waals surface area contributed by atoms with E-state index in [4.69, 9.17) is 5.73 Å². The van der Waals surface area contributed by atoms with Gasteiger partial charge in [-0.1, -0.05) is 12.1 Å². The van der Waals surface area contributed by atoms with Crippen molar-refractivity contribution >= 4 is 11.8 Å². The number of benzene rings is 1. The average molecular weight is 247 g/mol. The van der Waals surface area contributed by atoms with Crippen molar-refractivity contribution in [1.29, 1.82) is 0 Å². The minimum atomic E-state index is -0.105. The van der Waals surface area contributed by atoms with Gasteiger partial charge < -0.3 is 15.5 Å². The Bertz CT molecular complexity index is 473. The molecule has 0 radical (unpaired) electrons. The molecule has 18 heavy (non-hydrogen) atoms. The maximum absolute atomic E-state index is 12.2. The van der Waals surface area contributed by atoms with E-state index < -0.39 is 0 Å². The van der Waals surface area contributed by atoms with Gasteiger partial charge in [0, 0.05) is 32.2 Å². The van der Waals surface area contributed by atoms with Crippen molar-refractivity contribution in [3.05, 3.63) is 35.4 Å². The second-order valence-corrected chi connectivity index (χ2v) is 4.45. The molecule has 2 rings (SSSR count). The van der Waals surface area contributed by atoms with E-state index in [0.29, 0.717) is 25.2 Å². The van der Waals surface area contributed by atoms with Gasteiger partial charge in [0.15, 0.2) is 0 Å². The second kappa shape index (κ2) is 5.18. The molecule has 0 atom stereocenters. The SMILES string of the molecule is CN1CCN(C(=O)c2cccc(CN)c2)CC1=O. The number of nitrogens with two attached hydrogens (primary N) is 1. The molecule has 1 aromatic rings. The van der Waals surface area contributed by atoms with Crippen molar-refractivity contribution < 1.29 is 9.59 Å². The lowest BCUT2D eigenvalue weighted by Gasteiger charge is -2.32. The minimum absolute atomic E-state index is 0.0235. The second-order valence-electron chi connectivity index (χ2n) is 4.45. The molecule has 0 saturated carbocycles. The Balaban J connectivity index is 2.13. The van der Waals surface area contributed by atoms with Crippen molar-refractivity contribution in [2.24, 2.45) is 5.73 Å². The number of amides is 2. The number of likely N-dealkylation sites (N-methyl/N-ethyl adjacent to an activating group) is 1. The predicted octanol–water partition coefficient (Wildman–Crippen LogP) is 0.0595. The molecule has 0 unspecified atom stereocenters. The van der Waals surface area contributed by atoms with E-state index in [9.17, 15) is 9.59 Å². The van der Waals surface area contributed by atoms with Crippen molar-refractivity contribution in [1.82, 2.24) is 9.80 Å². The largest absolute Gasteiger partial charge is 0.342 e. The van der Waals surface area contributed by atoms with Gasteiger partial charge in [-0.25, -0.2) is 0 Å². The molecule has 1 aliphatic heterocycles. The highest BCUT2D eigenvalue weighted by atomic mass is 16.2. The van der Waals surface area contributed by atoms with Crippen LogP contribution >= 0.6 is 0 Å². The van der Waals surface area contributed by atoms with Gasteiger partial charge in [-0.05, 0) is 17.7 Å². The fourth-order valence-corrected chi connectivity index (χ4v) is 1.95. The Morgan fingerprint density at radius 3 is 2.83 bits per heavy atom. The predicted molar refractivity (Wildman–Crippen MR) is 67.9 cm³/mol. The van der Waals surface area contributed by atoms with Gasteiger partial charge in [0.05, 0.1) is 0 Å². The molecule has 0 spiro atoms. The number of hydrogen-bond donors (Lipinski definition) is 1. The lowest BCUT2D eigenvalue weighted by atomic mass is 10.1. The number of rotatable bonds is 2. The highest BCUT2D eigenvalue weighted by Gasteiger charge is 2.25. The first-order valence-electron chi connectivity index (χ1n) is 5.94. The van der Waals surface area contributed by atoms with Crippen molar-refractivity contribution in [2.75, 3.05) is 26.7 Å². The van der Waals surface area contributed by atoms with Gasteiger partial charge in [-0.2, -0.15) is 0 Å². The molecular weight excluding hydrogens is 230 g/mol. The maximum Gasteiger partial charge on any atom is 0.254 e. The molecule has 0 bridgehead atoms. The molecular formula is C13H17N3O2. The zero-order valence-corrected chi connectivity index (χ0v) is 10.4. The molecule has 2 amide bonds. The average Bonchev–Trinajstić information content (AvgIpc) is 2.41. The minimum Gasteiger partial charge on any atom is -0.342 e. The zero-order valence-electron chi connectivity index (χ0n) is 10.4. The fourth-order valence-electron chi connectivity index (χ4n) is 1.95. The van der Waals surface area contributed by atoms with Gasteiger partial charge in [0.2, 0.25) is 5.91 Å². The topological polar surface area (TPSA) is 66.6 Å². The van der Waals surface area contributed by atoms with Crippen LogP contribution in [-0.4, -0.2) is 48.3 Å². The van der Waals surface area contributed by atoms with Crippen LogP contribution in [0.4, 0.5) is 0 Å². The summed E-state index contributed by atoms with van der Waals surface area (Å²) in [5.74, 6) is -0.128. The van der Waals surface area contributed by atoms with Crippen LogP contribution < -0.4 is 5.73 Å². The molecule has 96 valence electrons. The Hall–Kier alpha value is -1.88. The molecule has 1 aliphatic rings. The Kier molecular flexibility index (Phi) is 3.62. The van der Waals surface area contributed by atoms with Crippen LogP contribution in [0.5, 0.6) is 0 Å². The number of piperazine rings is 1. The molecule has 1 aromatic carbocycles. The highest BCUT2D eigenvalue weighted by Crippen LogP contribution is 2.10. The molecule has 0 aliphatic carbocycles. The lowest BCUT2D eigenvalue weighted by molar-refractivity contribution is -0.133. The highest BCUT2D eigenvalue weighted by molar-refractivity contribution is 5.97. The van der Waals surface area contributed by atoms with E-state index in [1.54, 1.807) is 29.0 Å². The van der Waals surface area contributed by atoms with E-state index in [1.807, 2.05) is 12.1 Å². The molecule has 1 saturated heterocycles. The summed E-state index contributed by atoms with van der Waals surface area (Å²) < 4.78 is 0. The van der Waals surface area contributed by atoms with E-state index in [0.717, 1.165) is 5.56 Å². The first kappa shape index (κ1) is 12.6. The molecule has 5 heteroatoms. The monoisotopic (exact) mass is 247 g/mol. The Labute approximate surface area is 106 Å². The van der Waals surface area contributed by atoms with Crippen LogP contribution in [0.25, 0.3) is 0 Å². The first-order chi connectivity index (χ1) is 8.61. The molecule has 0 aromatic heterocycles. The molecule has 2 N–H and O–H groups in total. The quantitative estimate of drug-likeness (QED) is 0.803. The number of hydrogen-bond acceptors (Lipinski definition) is 3. The summed E-state index contributed by atoms with van der Waals surface area (Å²) in [7, 11) is 1.75. The van der Waals surface area contributed by atoms with E-state index in [1.165, 1.54) is 0 Å². The standard InChI is InChI=1S/C13H17N3O2/c1-15-5-6-16(9-12(15)17)13(18)11-4-2-3-10(7-11)8-14/h2-4,7H,5-6,8-9,14H2,1H3. The third-order valence-electron chi connectivity index (χ3n) is 3.15. The third kappa shape index (κ3) is 2.51. The molecule has 1 heterocycles. The molecule has 5 nitrogen and oxygen atoms in total. The van der Waals surface area contributed by atoms with Crippen LogP contribution in [-0.2, 0) is 11.3 Å². The van der Waals surface area contributed by atoms with Gasteiger partial charge in [-0.3, -0.25) is 9.59 Å². The number of carbonyl (C=O) groups is 2. The summed E-state index contributed by atoms with van der Waals surface area (Å²) in [6.45, 7) is 1.72. The van der Waals surface area contributed by atoms with E-state index in [2.05, 4.69) is 0 Å². The van der Waals surface area contributed by atoms with Gasteiger partial charge in [0.1, 0.15) is 6.54 Å². The summed E-state index contributed by atoms with van der Waals surface area (Å²) in [6.07, 6.45) is 0. The van der Waals surface area contributed by atoms with Gasteiger partial charge in [0.25, 0.3) is 5.91 Å². The smallest absolute Gasteiger partial charge is 0.254 e. The fraction of sp³-hybridized carbons (Fsp3) is 0.385. The normalized spacial score (nSPS) is 16.0. The summed E-state index contributed by atoms with van der Waals surface area (Å²) in [5.41, 5.74) is 7.06. The van der Waals surface area contributed by atoms with Crippen molar-refractivity contribution in [2.45, 2.75) is 6.54 Å². The van der Waals surface area contributed by atoms with Crippen LogP contribution in [0.2, 0.25) is 0 Å². The van der Waals surface area contributed by atoms with E-state index in [-0.39, 0.29) is 18.4 Å². The summed E-state index contributed by atoms with van der Waals surface area (Å²) in [4.78, 5) is 27.0. The van der Waals surface area contributed by atoms with Crippen molar-refractivity contribution in [3.63, 3.8) is 0 Å². The number of nitrogens with zero attached hydrogens (tertiary/aromatic N) is 2.